The van der Waals surface area contributed by atoms with Gasteiger partial charge in [0.05, 0.1) is 0 Å². The monoisotopic (exact) mass is 247 g/mol. The van der Waals surface area contributed by atoms with E-state index in [1.54, 1.807) is 0 Å². The van der Waals surface area contributed by atoms with Crippen LogP contribution in [0.5, 0.6) is 0 Å². The number of hydrogen-bond acceptors (Lipinski definition) is 1. The lowest BCUT2D eigenvalue weighted by molar-refractivity contribution is 0.802. The van der Waals surface area contributed by atoms with Gasteiger partial charge >= 0.3 is 0 Å². The maximum atomic E-state index is 6.36. The van der Waals surface area contributed by atoms with Gasteiger partial charge < -0.3 is 5.73 Å². The van der Waals surface area contributed by atoms with Gasteiger partial charge in [-0.2, -0.15) is 0 Å². The van der Waals surface area contributed by atoms with Crippen LogP contribution in [0.1, 0.15) is 12.8 Å². The largest absolute Gasteiger partial charge is 0.330 e. The van der Waals surface area contributed by atoms with Gasteiger partial charge in [-0.05, 0) is 24.2 Å². The van der Waals surface area contributed by atoms with Crippen LogP contribution in [0.4, 0.5) is 0 Å². The highest BCUT2D eigenvalue weighted by Gasteiger charge is 2.29. The van der Waals surface area contributed by atoms with Gasteiger partial charge in [-0.15, -0.1) is 22.2 Å². The van der Waals surface area contributed by atoms with E-state index >= 15 is 0 Å². The average Bonchev–Trinajstić information content (AvgIpc) is 2.19. The maximum Gasteiger partial charge on any atom is 0.280 e. The Morgan fingerprint density at radius 2 is 1.71 bits per heavy atom. The molecular weight excluding hydrogens is 233 g/mol. The van der Waals surface area contributed by atoms with Gasteiger partial charge in [0, 0.05) is 0 Å². The second-order valence-corrected chi connectivity index (χ2v) is 10.3. The first-order valence-electron chi connectivity index (χ1n) is 4.80. The average molecular weight is 248 g/mol. The molecule has 4 heteroatoms. The molecule has 0 heterocycles. The Kier molecular flexibility index (Phi) is 4.96. The lowest BCUT2D eigenvalue weighted by Crippen LogP contribution is -2.36. The number of unbranched alkanes of at least 4 members (excludes halogenated alkanes) is 1. The van der Waals surface area contributed by atoms with E-state index in [1.807, 2.05) is 30.3 Å². The number of halogens is 2. The fourth-order valence-electron chi connectivity index (χ4n) is 1.32. The minimum absolute atomic E-state index is 0.715. The lowest BCUT2D eigenvalue weighted by atomic mass is 10.3. The summed E-state index contributed by atoms with van der Waals surface area (Å²) in [5, 5.41) is 1.10. The Morgan fingerprint density at radius 1 is 1.07 bits per heavy atom. The molecule has 0 spiro atoms. The highest BCUT2D eigenvalue weighted by molar-refractivity contribution is 7.50. The van der Waals surface area contributed by atoms with Crippen molar-refractivity contribution in [3.05, 3.63) is 30.3 Å². The van der Waals surface area contributed by atoms with E-state index in [1.165, 1.54) is 0 Å². The highest BCUT2D eigenvalue weighted by Crippen LogP contribution is 2.22. The van der Waals surface area contributed by atoms with Crippen LogP contribution >= 0.6 is 22.2 Å². The third-order valence-electron chi connectivity index (χ3n) is 2.14. The van der Waals surface area contributed by atoms with Crippen LogP contribution in [0.15, 0.2) is 30.3 Å². The van der Waals surface area contributed by atoms with Gasteiger partial charge in [0.15, 0.2) is 0 Å². The first-order valence-corrected chi connectivity index (χ1v) is 9.03. The van der Waals surface area contributed by atoms with Crippen LogP contribution in [0.3, 0.4) is 0 Å². The fourth-order valence-corrected chi connectivity index (χ4v) is 4.54. The summed E-state index contributed by atoms with van der Waals surface area (Å²) in [6, 6.07) is 10.8. The van der Waals surface area contributed by atoms with Crippen molar-refractivity contribution in [2.45, 2.75) is 18.9 Å². The minimum atomic E-state index is -2.23. The van der Waals surface area contributed by atoms with Crippen LogP contribution in [0.25, 0.3) is 0 Å². The Labute approximate surface area is 95.6 Å². The van der Waals surface area contributed by atoms with Crippen molar-refractivity contribution in [3.63, 3.8) is 0 Å². The van der Waals surface area contributed by atoms with E-state index in [9.17, 15) is 0 Å². The number of rotatable bonds is 5. The summed E-state index contributed by atoms with van der Waals surface area (Å²) in [4.78, 5) is 0. The topological polar surface area (TPSA) is 26.0 Å². The van der Waals surface area contributed by atoms with Crippen LogP contribution < -0.4 is 10.9 Å². The zero-order chi connectivity index (χ0) is 10.4. The van der Waals surface area contributed by atoms with Gasteiger partial charge in [-0.25, -0.2) is 0 Å². The zero-order valence-corrected chi connectivity index (χ0v) is 10.6. The molecule has 0 atom stereocenters. The number of nitrogens with two attached hydrogens (primary N) is 1. The molecular formula is C10H15Cl2NSi. The van der Waals surface area contributed by atoms with Crippen LogP contribution in [-0.2, 0) is 0 Å². The third-order valence-corrected chi connectivity index (χ3v) is 6.74. The molecule has 0 fully saturated rings. The number of benzene rings is 1. The molecule has 0 amide bonds. The third kappa shape index (κ3) is 3.62. The molecule has 0 aliphatic carbocycles. The van der Waals surface area contributed by atoms with E-state index in [0.717, 1.165) is 24.1 Å². The summed E-state index contributed by atoms with van der Waals surface area (Å²) in [6.45, 7) is -1.51. The first-order chi connectivity index (χ1) is 6.67. The van der Waals surface area contributed by atoms with E-state index in [-0.39, 0.29) is 0 Å². The minimum Gasteiger partial charge on any atom is -0.330 e. The van der Waals surface area contributed by atoms with Crippen molar-refractivity contribution in [2.75, 3.05) is 6.54 Å². The van der Waals surface area contributed by atoms with Crippen molar-refractivity contribution < 1.29 is 0 Å². The molecule has 78 valence electrons. The van der Waals surface area contributed by atoms with Gasteiger partial charge in [0.25, 0.3) is 6.69 Å². The van der Waals surface area contributed by atoms with Crippen LogP contribution in [0.2, 0.25) is 6.04 Å². The molecule has 1 nitrogen and oxygen atoms in total. The molecule has 1 rings (SSSR count). The smallest absolute Gasteiger partial charge is 0.280 e. The van der Waals surface area contributed by atoms with Gasteiger partial charge in [0.1, 0.15) is 0 Å². The number of hydrogen-bond donors (Lipinski definition) is 1. The van der Waals surface area contributed by atoms with Crippen molar-refractivity contribution in [2.24, 2.45) is 5.73 Å². The first kappa shape index (κ1) is 12.0. The van der Waals surface area contributed by atoms with E-state index in [4.69, 9.17) is 27.9 Å². The van der Waals surface area contributed by atoms with Crippen molar-refractivity contribution in [1.29, 1.82) is 0 Å². The van der Waals surface area contributed by atoms with Crippen LogP contribution in [0, 0.1) is 0 Å². The SMILES string of the molecule is NCCCC[Si](Cl)(Cl)c1ccccc1. The molecule has 0 saturated heterocycles. The molecule has 0 aliphatic heterocycles. The van der Waals surface area contributed by atoms with Gasteiger partial charge in [-0.3, -0.25) is 0 Å². The summed E-state index contributed by atoms with van der Waals surface area (Å²) in [7, 11) is 0. The predicted octanol–water partition coefficient (Wildman–Crippen LogP) is 2.55. The van der Waals surface area contributed by atoms with Crippen molar-refractivity contribution in [3.8, 4) is 0 Å². The van der Waals surface area contributed by atoms with E-state index < -0.39 is 6.69 Å². The molecule has 14 heavy (non-hydrogen) atoms. The second-order valence-electron chi connectivity index (χ2n) is 3.32. The second kappa shape index (κ2) is 5.76. The Bertz CT molecular complexity index is 264. The summed E-state index contributed by atoms with van der Waals surface area (Å²) in [6.07, 6.45) is 2.02. The summed E-state index contributed by atoms with van der Waals surface area (Å²) in [5.74, 6) is 0. The molecule has 1 aromatic carbocycles. The van der Waals surface area contributed by atoms with Crippen LogP contribution in [-0.4, -0.2) is 13.2 Å². The van der Waals surface area contributed by atoms with E-state index in [0.29, 0.717) is 6.54 Å². The molecule has 0 bridgehead atoms. The summed E-state index contributed by atoms with van der Waals surface area (Å²) < 4.78 is 0. The van der Waals surface area contributed by atoms with Crippen molar-refractivity contribution >= 4 is 34.0 Å². The zero-order valence-electron chi connectivity index (χ0n) is 8.05. The molecule has 0 saturated carbocycles. The maximum absolute atomic E-state index is 6.36. The predicted molar refractivity (Wildman–Crippen MR) is 66.6 cm³/mol. The van der Waals surface area contributed by atoms with Gasteiger partial charge in [0.2, 0.25) is 0 Å². The highest BCUT2D eigenvalue weighted by atomic mass is 35.7. The summed E-state index contributed by atoms with van der Waals surface area (Å²) >= 11 is 12.7. The molecule has 0 unspecified atom stereocenters. The Hall–Kier alpha value is -0.0231. The Balaban J connectivity index is 2.56. The molecule has 0 radical (unpaired) electrons. The quantitative estimate of drug-likeness (QED) is 0.483. The Morgan fingerprint density at radius 3 is 2.29 bits per heavy atom. The summed E-state index contributed by atoms with van der Waals surface area (Å²) in [5.41, 5.74) is 5.43. The van der Waals surface area contributed by atoms with Crippen molar-refractivity contribution in [1.82, 2.24) is 0 Å². The molecule has 0 aliphatic rings. The molecule has 1 aromatic rings. The lowest BCUT2D eigenvalue weighted by Gasteiger charge is -2.16. The molecule has 2 N–H and O–H groups in total. The standard InChI is InChI=1S/C10H15Cl2NSi/c11-14(12,9-5-4-8-13)10-6-2-1-3-7-10/h1-3,6-7H,4-5,8-9,13H2. The van der Waals surface area contributed by atoms with E-state index in [2.05, 4.69) is 0 Å². The molecule has 0 aromatic heterocycles. The van der Waals surface area contributed by atoms with Gasteiger partial charge in [-0.1, -0.05) is 36.8 Å². The fraction of sp³-hybridized carbons (Fsp3) is 0.400. The normalized spacial score (nSPS) is 11.6.